The SMILES string of the molecule is Cc1ccccc1N(c1ccc2c(-c3ccc(N(c4ccccc4)c4ccccc4)cc3)c3c(c(C4=CC=C(N(C5=CCCC=C5)c5ccccc5)CC4)c2c1)=CCC(N(c1ccccc1C)c1ccccc1C)C=3)c1ccccc1C. The van der Waals surface area contributed by atoms with Gasteiger partial charge in [0.25, 0.3) is 0 Å². The fourth-order valence-electron chi connectivity index (χ4n) is 12.8. The first-order valence-electron chi connectivity index (χ1n) is 29.1. The summed E-state index contributed by atoms with van der Waals surface area (Å²) in [5.41, 5.74) is 23.0. The molecule has 3 aliphatic rings. The molecule has 0 radical (unpaired) electrons. The van der Waals surface area contributed by atoms with E-state index in [-0.39, 0.29) is 6.04 Å². The smallest absolute Gasteiger partial charge is 0.0566 e. The van der Waals surface area contributed by atoms with Crippen LogP contribution in [0, 0.1) is 27.7 Å². The highest BCUT2D eigenvalue weighted by Crippen LogP contribution is 2.45. The first-order chi connectivity index (χ1) is 40.4. The number of para-hydroxylation sites is 7. The highest BCUT2D eigenvalue weighted by Gasteiger charge is 2.28. The largest absolute Gasteiger partial charge is 0.334 e. The highest BCUT2D eigenvalue weighted by atomic mass is 15.2. The summed E-state index contributed by atoms with van der Waals surface area (Å²) in [5, 5.41) is 5.04. The number of rotatable bonds is 14. The quantitative estimate of drug-likeness (QED) is 0.108. The maximum atomic E-state index is 2.62. The fraction of sp³-hybridized carbons (Fsp3) is 0.128. The molecule has 0 heterocycles. The fourth-order valence-corrected chi connectivity index (χ4v) is 12.8. The van der Waals surface area contributed by atoms with Crippen molar-refractivity contribution in [2.45, 2.75) is 65.8 Å². The van der Waals surface area contributed by atoms with Crippen molar-refractivity contribution in [2.24, 2.45) is 0 Å². The van der Waals surface area contributed by atoms with Crippen LogP contribution in [-0.4, -0.2) is 6.04 Å². The van der Waals surface area contributed by atoms with Gasteiger partial charge in [-0.3, -0.25) is 0 Å². The number of anilines is 9. The molecule has 4 nitrogen and oxygen atoms in total. The van der Waals surface area contributed by atoms with Crippen molar-refractivity contribution in [3.8, 4) is 11.1 Å². The molecular formula is C78H68N4. The van der Waals surface area contributed by atoms with Crippen LogP contribution in [0.15, 0.2) is 272 Å². The summed E-state index contributed by atoms with van der Waals surface area (Å²) >= 11 is 0. The molecule has 1 unspecified atom stereocenters. The van der Waals surface area contributed by atoms with E-state index in [0.29, 0.717) is 0 Å². The molecule has 0 amide bonds. The van der Waals surface area contributed by atoms with Gasteiger partial charge in [-0.25, -0.2) is 0 Å². The summed E-state index contributed by atoms with van der Waals surface area (Å²) in [6.45, 7) is 8.96. The lowest BCUT2D eigenvalue weighted by Gasteiger charge is -2.35. The van der Waals surface area contributed by atoms with Crippen molar-refractivity contribution in [1.29, 1.82) is 0 Å². The minimum Gasteiger partial charge on any atom is -0.334 e. The number of allylic oxidation sites excluding steroid dienone is 7. The maximum absolute atomic E-state index is 2.62. The molecule has 0 fully saturated rings. The van der Waals surface area contributed by atoms with Crippen molar-refractivity contribution in [1.82, 2.24) is 0 Å². The third-order valence-corrected chi connectivity index (χ3v) is 16.8. The van der Waals surface area contributed by atoms with E-state index in [1.807, 2.05) is 0 Å². The molecule has 0 saturated heterocycles. The zero-order chi connectivity index (χ0) is 55.5. The highest BCUT2D eigenvalue weighted by molar-refractivity contribution is 6.06. The molecule has 0 aliphatic heterocycles. The predicted molar refractivity (Wildman–Crippen MR) is 350 cm³/mol. The Balaban J connectivity index is 1.09. The van der Waals surface area contributed by atoms with Gasteiger partial charge in [0.15, 0.2) is 0 Å². The summed E-state index contributed by atoms with van der Waals surface area (Å²) in [6.07, 6.45) is 21.8. The molecule has 10 aromatic carbocycles. The molecule has 3 aliphatic carbocycles. The second kappa shape index (κ2) is 22.8. The van der Waals surface area contributed by atoms with Crippen molar-refractivity contribution in [3.05, 3.63) is 311 Å². The van der Waals surface area contributed by atoms with Crippen LogP contribution < -0.4 is 30.0 Å². The van der Waals surface area contributed by atoms with Gasteiger partial charge in [0.2, 0.25) is 0 Å². The number of hydrogen-bond acceptors (Lipinski definition) is 4. The monoisotopic (exact) mass is 1060 g/mol. The van der Waals surface area contributed by atoms with Crippen LogP contribution in [0.3, 0.4) is 0 Å². The Bertz CT molecular complexity index is 4120. The molecule has 13 rings (SSSR count). The third kappa shape index (κ3) is 9.96. The second-order valence-corrected chi connectivity index (χ2v) is 22.0. The lowest BCUT2D eigenvalue weighted by atomic mass is 9.82. The van der Waals surface area contributed by atoms with Crippen LogP contribution in [-0.2, 0) is 0 Å². The Hall–Kier alpha value is -9.64. The zero-order valence-electron chi connectivity index (χ0n) is 47.4. The molecular weight excluding hydrogens is 993 g/mol. The summed E-state index contributed by atoms with van der Waals surface area (Å²) in [7, 11) is 0. The molecule has 0 spiro atoms. The number of hydrogen-bond donors (Lipinski definition) is 0. The Kier molecular flexibility index (Phi) is 14.4. The minimum absolute atomic E-state index is 0.0182. The number of aryl methyl sites for hydroxylation is 4. The van der Waals surface area contributed by atoms with Crippen molar-refractivity contribution >= 4 is 79.7 Å². The van der Waals surface area contributed by atoms with Crippen molar-refractivity contribution in [3.63, 3.8) is 0 Å². The molecule has 0 saturated carbocycles. The standard InChI is InChI=1S/C78H68N4/c1-55-25-17-21-37-73(55)81(74-38-22-18-26-56(74)2)67-49-51-69-71(53-67)77(59-41-45-65(46-42-59)79(61-29-9-5-10-30-61)62-31-11-6-12-32-62)70-52-50-68(82(75-39-23-19-27-57(75)3)76-40-24-20-28-58(76)4)54-72(70)78(69)60-43-47-66(48-44-60)80(63-33-13-7-14-34-63)64-35-15-8-16-36-64/h5-7,9-15,17-43,45-47,50-54,67H,8,16,44,48-49H2,1-4H3. The lowest BCUT2D eigenvalue weighted by Crippen LogP contribution is -2.41. The molecule has 0 aromatic heterocycles. The molecule has 400 valence electrons. The van der Waals surface area contributed by atoms with Gasteiger partial charge < -0.3 is 19.6 Å². The normalized spacial score (nSPS) is 14.6. The molecule has 1 atom stereocenters. The van der Waals surface area contributed by atoms with Gasteiger partial charge in [-0.2, -0.15) is 0 Å². The van der Waals surface area contributed by atoms with Crippen LogP contribution in [0.5, 0.6) is 0 Å². The van der Waals surface area contributed by atoms with Crippen molar-refractivity contribution < 1.29 is 0 Å². The van der Waals surface area contributed by atoms with E-state index in [2.05, 4.69) is 320 Å². The zero-order valence-corrected chi connectivity index (χ0v) is 47.4. The molecule has 4 heteroatoms. The van der Waals surface area contributed by atoms with Gasteiger partial charge in [0.05, 0.1) is 6.04 Å². The van der Waals surface area contributed by atoms with Gasteiger partial charge in [0.1, 0.15) is 0 Å². The predicted octanol–water partition coefficient (Wildman–Crippen LogP) is 19.7. The van der Waals surface area contributed by atoms with Gasteiger partial charge in [-0.1, -0.05) is 176 Å². The minimum atomic E-state index is 0.0182. The van der Waals surface area contributed by atoms with Crippen LogP contribution in [0.4, 0.5) is 51.2 Å². The summed E-state index contributed by atoms with van der Waals surface area (Å²) in [6, 6.07) is 84.5. The van der Waals surface area contributed by atoms with E-state index in [9.17, 15) is 0 Å². The van der Waals surface area contributed by atoms with Crippen LogP contribution in [0.1, 0.15) is 59.9 Å². The van der Waals surface area contributed by atoms with Crippen LogP contribution in [0.2, 0.25) is 0 Å². The van der Waals surface area contributed by atoms with Crippen molar-refractivity contribution in [2.75, 3.05) is 19.6 Å². The summed E-state index contributed by atoms with van der Waals surface area (Å²) in [4.78, 5) is 9.92. The number of fused-ring (bicyclic) bond motifs is 2. The second-order valence-electron chi connectivity index (χ2n) is 22.0. The summed E-state index contributed by atoms with van der Waals surface area (Å²) in [5.74, 6) is 0. The maximum Gasteiger partial charge on any atom is 0.0566 e. The Morgan fingerprint density at radius 3 is 1.39 bits per heavy atom. The Labute approximate surface area is 484 Å². The van der Waals surface area contributed by atoms with Crippen LogP contribution in [0.25, 0.3) is 39.6 Å². The lowest BCUT2D eigenvalue weighted by molar-refractivity contribution is 0.831. The Morgan fingerprint density at radius 1 is 0.378 bits per heavy atom. The van der Waals surface area contributed by atoms with Gasteiger partial charge in [-0.15, -0.1) is 0 Å². The topological polar surface area (TPSA) is 13.0 Å². The van der Waals surface area contributed by atoms with E-state index in [1.165, 1.54) is 106 Å². The molecule has 0 N–H and O–H groups in total. The first-order valence-corrected chi connectivity index (χ1v) is 29.1. The van der Waals surface area contributed by atoms with Gasteiger partial charge in [-0.05, 0) is 223 Å². The van der Waals surface area contributed by atoms with E-state index in [0.717, 1.165) is 54.9 Å². The van der Waals surface area contributed by atoms with Gasteiger partial charge >= 0.3 is 0 Å². The van der Waals surface area contributed by atoms with E-state index >= 15 is 0 Å². The van der Waals surface area contributed by atoms with Gasteiger partial charge in [0, 0.05) is 62.6 Å². The van der Waals surface area contributed by atoms with E-state index < -0.39 is 0 Å². The number of benzene rings is 10. The summed E-state index contributed by atoms with van der Waals surface area (Å²) < 4.78 is 0. The molecule has 82 heavy (non-hydrogen) atoms. The third-order valence-electron chi connectivity index (χ3n) is 16.8. The molecule has 0 bridgehead atoms. The Morgan fingerprint density at radius 2 is 0.878 bits per heavy atom. The first kappa shape index (κ1) is 51.8. The number of nitrogens with zero attached hydrogens (tertiary/aromatic N) is 4. The van der Waals surface area contributed by atoms with E-state index in [4.69, 9.17) is 0 Å². The van der Waals surface area contributed by atoms with E-state index in [1.54, 1.807) is 0 Å². The average Bonchev–Trinajstić information content (AvgIpc) is 3.57. The molecule has 10 aromatic rings. The average molecular weight is 1060 g/mol. The van der Waals surface area contributed by atoms with Crippen LogP contribution >= 0.6 is 0 Å².